The highest BCUT2D eigenvalue weighted by Crippen LogP contribution is 2.21. The maximum absolute atomic E-state index is 12.2. The Morgan fingerprint density at radius 3 is 2.55 bits per heavy atom. The first-order valence-corrected chi connectivity index (χ1v) is 7.46. The monoisotopic (exact) mass is 293 g/mol. The van der Waals surface area contributed by atoms with Crippen molar-refractivity contribution >= 4 is 21.4 Å². The molecule has 0 aliphatic heterocycles. The number of sulfonamides is 1. The van der Waals surface area contributed by atoms with Gasteiger partial charge in [0.05, 0.1) is 12.3 Å². The largest absolute Gasteiger partial charge is 0.494 e. The van der Waals surface area contributed by atoms with Gasteiger partial charge < -0.3 is 10.5 Å². The number of pyridine rings is 1. The van der Waals surface area contributed by atoms with E-state index in [0.29, 0.717) is 18.0 Å². The Labute approximate surface area is 117 Å². The summed E-state index contributed by atoms with van der Waals surface area (Å²) >= 11 is 0. The van der Waals surface area contributed by atoms with Crippen LogP contribution < -0.4 is 15.2 Å². The minimum Gasteiger partial charge on any atom is -0.494 e. The number of anilines is 2. The van der Waals surface area contributed by atoms with Crippen LogP contribution in [-0.2, 0) is 10.0 Å². The van der Waals surface area contributed by atoms with Crippen LogP contribution in [-0.4, -0.2) is 20.0 Å². The third-order valence-electron chi connectivity index (χ3n) is 2.52. The number of nitrogens with two attached hydrogens (primary N) is 1. The van der Waals surface area contributed by atoms with Crippen molar-refractivity contribution < 1.29 is 13.2 Å². The van der Waals surface area contributed by atoms with Crippen LogP contribution in [0.1, 0.15) is 6.92 Å². The minimum absolute atomic E-state index is 0.0473. The molecule has 0 saturated heterocycles. The maximum atomic E-state index is 12.2. The molecule has 0 fully saturated rings. The molecule has 1 aromatic heterocycles. The Kier molecular flexibility index (Phi) is 4.09. The summed E-state index contributed by atoms with van der Waals surface area (Å²) in [7, 11) is -3.75. The van der Waals surface area contributed by atoms with E-state index in [1.165, 1.54) is 18.5 Å². The number of hydrogen-bond acceptors (Lipinski definition) is 5. The average Bonchev–Trinajstić information content (AvgIpc) is 2.41. The zero-order chi connectivity index (χ0) is 14.6. The van der Waals surface area contributed by atoms with E-state index >= 15 is 0 Å². The van der Waals surface area contributed by atoms with E-state index in [1.807, 2.05) is 6.92 Å². The van der Waals surface area contributed by atoms with Crippen LogP contribution in [0.4, 0.5) is 11.4 Å². The third kappa shape index (κ3) is 3.18. The first-order chi connectivity index (χ1) is 9.53. The van der Waals surface area contributed by atoms with Crippen LogP contribution >= 0.6 is 0 Å². The fourth-order valence-corrected chi connectivity index (χ4v) is 2.75. The molecular formula is C13H15N3O3S. The summed E-state index contributed by atoms with van der Waals surface area (Å²) in [4.78, 5) is 3.73. The maximum Gasteiger partial charge on any atom is 0.265 e. The molecule has 0 saturated carbocycles. The van der Waals surface area contributed by atoms with Gasteiger partial charge in [-0.05, 0) is 37.3 Å². The number of nitrogens with one attached hydrogen (secondary N) is 1. The highest BCUT2D eigenvalue weighted by molar-refractivity contribution is 7.92. The first kappa shape index (κ1) is 14.1. The van der Waals surface area contributed by atoms with Gasteiger partial charge in [-0.2, -0.15) is 0 Å². The molecule has 0 aliphatic rings. The third-order valence-corrected chi connectivity index (χ3v) is 3.95. The highest BCUT2D eigenvalue weighted by Gasteiger charge is 2.17. The smallest absolute Gasteiger partial charge is 0.265 e. The Balaban J connectivity index is 2.22. The fourth-order valence-electron chi connectivity index (χ4n) is 1.61. The van der Waals surface area contributed by atoms with Crippen molar-refractivity contribution in [1.29, 1.82) is 0 Å². The van der Waals surface area contributed by atoms with E-state index in [-0.39, 0.29) is 10.6 Å². The quantitative estimate of drug-likeness (QED) is 0.877. The number of benzene rings is 1. The van der Waals surface area contributed by atoms with Gasteiger partial charge in [-0.3, -0.25) is 9.71 Å². The molecule has 2 aromatic rings. The van der Waals surface area contributed by atoms with Gasteiger partial charge in [0.25, 0.3) is 10.0 Å². The number of nitrogens with zero attached hydrogens (tertiary/aromatic N) is 1. The molecule has 2 rings (SSSR count). The summed E-state index contributed by atoms with van der Waals surface area (Å²) in [6.45, 7) is 2.43. The predicted octanol–water partition coefficient (Wildman–Crippen LogP) is 1.86. The molecule has 6 nitrogen and oxygen atoms in total. The van der Waals surface area contributed by atoms with Gasteiger partial charge in [-0.1, -0.05) is 0 Å². The van der Waals surface area contributed by atoms with Crippen LogP contribution in [0.3, 0.4) is 0 Å². The normalized spacial score (nSPS) is 11.1. The molecule has 3 N–H and O–H groups in total. The second-order valence-corrected chi connectivity index (χ2v) is 5.63. The number of aromatic nitrogens is 1. The second kappa shape index (κ2) is 5.79. The van der Waals surface area contributed by atoms with E-state index in [4.69, 9.17) is 10.5 Å². The zero-order valence-electron chi connectivity index (χ0n) is 10.9. The number of hydrogen-bond donors (Lipinski definition) is 2. The van der Waals surface area contributed by atoms with Crippen molar-refractivity contribution in [1.82, 2.24) is 4.98 Å². The van der Waals surface area contributed by atoms with Crippen LogP contribution in [0, 0.1) is 0 Å². The minimum atomic E-state index is -3.75. The van der Waals surface area contributed by atoms with Gasteiger partial charge in [0.2, 0.25) is 0 Å². The first-order valence-electron chi connectivity index (χ1n) is 5.98. The Morgan fingerprint density at radius 1 is 1.25 bits per heavy atom. The molecule has 1 heterocycles. The number of rotatable bonds is 5. The lowest BCUT2D eigenvalue weighted by Gasteiger charge is -2.10. The van der Waals surface area contributed by atoms with Crippen molar-refractivity contribution in [2.45, 2.75) is 11.8 Å². The Hall–Kier alpha value is -2.28. The van der Waals surface area contributed by atoms with Gasteiger partial charge in [0, 0.05) is 18.1 Å². The second-order valence-electron chi connectivity index (χ2n) is 3.98. The van der Waals surface area contributed by atoms with Crippen LogP contribution in [0.15, 0.2) is 47.6 Å². The molecule has 0 spiro atoms. The summed E-state index contributed by atoms with van der Waals surface area (Å²) in [5.74, 6) is 0.677. The summed E-state index contributed by atoms with van der Waals surface area (Å²) in [6.07, 6.45) is 2.65. The average molecular weight is 293 g/mol. The van der Waals surface area contributed by atoms with E-state index in [9.17, 15) is 8.42 Å². The van der Waals surface area contributed by atoms with E-state index in [1.54, 1.807) is 24.3 Å². The lowest BCUT2D eigenvalue weighted by molar-refractivity contribution is 0.340. The van der Waals surface area contributed by atoms with Crippen LogP contribution in [0.5, 0.6) is 5.75 Å². The molecule has 106 valence electrons. The summed E-state index contributed by atoms with van der Waals surface area (Å²) in [6, 6.07) is 8.05. The standard InChI is InChI=1S/C13H15N3O3S/c1-2-19-11-5-3-10(4-6-11)16-20(17,18)13-9-15-8-7-12(13)14/h3-9,16H,2H2,1H3,(H2,14,15). The number of ether oxygens (including phenoxy) is 1. The van der Waals surface area contributed by atoms with Crippen LogP contribution in [0.25, 0.3) is 0 Å². The van der Waals surface area contributed by atoms with Crippen molar-refractivity contribution in [3.05, 3.63) is 42.7 Å². The van der Waals surface area contributed by atoms with Gasteiger partial charge in [0.15, 0.2) is 0 Å². The molecule has 1 aromatic carbocycles. The van der Waals surface area contributed by atoms with Crippen molar-refractivity contribution in [3.63, 3.8) is 0 Å². The van der Waals surface area contributed by atoms with E-state index in [0.717, 1.165) is 0 Å². The number of nitrogen functional groups attached to an aromatic ring is 1. The van der Waals surface area contributed by atoms with E-state index in [2.05, 4.69) is 9.71 Å². The Bertz CT molecular complexity index is 684. The molecular weight excluding hydrogens is 278 g/mol. The molecule has 0 unspecified atom stereocenters. The van der Waals surface area contributed by atoms with Crippen molar-refractivity contribution in [2.75, 3.05) is 17.1 Å². The molecule has 0 atom stereocenters. The molecule has 20 heavy (non-hydrogen) atoms. The van der Waals surface area contributed by atoms with Gasteiger partial charge in [-0.25, -0.2) is 8.42 Å². The van der Waals surface area contributed by atoms with Gasteiger partial charge >= 0.3 is 0 Å². The lowest BCUT2D eigenvalue weighted by Crippen LogP contribution is -2.15. The predicted molar refractivity (Wildman–Crippen MR) is 77.1 cm³/mol. The Morgan fingerprint density at radius 2 is 1.95 bits per heavy atom. The van der Waals surface area contributed by atoms with Crippen LogP contribution in [0.2, 0.25) is 0 Å². The van der Waals surface area contributed by atoms with Crippen molar-refractivity contribution in [3.8, 4) is 5.75 Å². The highest BCUT2D eigenvalue weighted by atomic mass is 32.2. The fraction of sp³-hybridized carbons (Fsp3) is 0.154. The van der Waals surface area contributed by atoms with Gasteiger partial charge in [-0.15, -0.1) is 0 Å². The van der Waals surface area contributed by atoms with Gasteiger partial charge in [0.1, 0.15) is 10.6 Å². The van der Waals surface area contributed by atoms with E-state index < -0.39 is 10.0 Å². The van der Waals surface area contributed by atoms with Crippen molar-refractivity contribution in [2.24, 2.45) is 0 Å². The topological polar surface area (TPSA) is 94.3 Å². The molecule has 0 radical (unpaired) electrons. The molecule has 0 bridgehead atoms. The summed E-state index contributed by atoms with van der Waals surface area (Å²) in [5.41, 5.74) is 6.22. The summed E-state index contributed by atoms with van der Waals surface area (Å²) in [5, 5.41) is 0. The molecule has 0 aliphatic carbocycles. The lowest BCUT2D eigenvalue weighted by atomic mass is 10.3. The molecule has 7 heteroatoms. The zero-order valence-corrected chi connectivity index (χ0v) is 11.7. The molecule has 0 amide bonds. The SMILES string of the molecule is CCOc1ccc(NS(=O)(=O)c2cnccc2N)cc1. The summed E-state index contributed by atoms with van der Waals surface area (Å²) < 4.78 is 32.1.